The first-order valence-corrected chi connectivity index (χ1v) is 5.82. The van der Waals surface area contributed by atoms with Gasteiger partial charge in [0.25, 0.3) is 0 Å². The molecule has 0 saturated heterocycles. The summed E-state index contributed by atoms with van der Waals surface area (Å²) < 4.78 is 0. The molecule has 0 aromatic heterocycles. The molecule has 0 amide bonds. The summed E-state index contributed by atoms with van der Waals surface area (Å²) in [5.41, 5.74) is -0.514. The minimum absolute atomic E-state index is 0.164. The predicted octanol–water partition coefficient (Wildman–Crippen LogP) is 3.27. The van der Waals surface area contributed by atoms with Crippen molar-refractivity contribution in [3.8, 4) is 0 Å². The van der Waals surface area contributed by atoms with Crippen molar-refractivity contribution < 1.29 is 9.90 Å². The Kier molecular flexibility index (Phi) is 4.36. The van der Waals surface area contributed by atoms with Crippen LogP contribution in [0, 0.1) is 0 Å². The lowest BCUT2D eigenvalue weighted by Crippen LogP contribution is -2.35. The maximum Gasteiger partial charge on any atom is 0.168 e. The lowest BCUT2D eigenvalue weighted by Gasteiger charge is -2.19. The quantitative estimate of drug-likeness (QED) is 0.903. The van der Waals surface area contributed by atoms with E-state index in [1.165, 1.54) is 6.92 Å². The second kappa shape index (κ2) is 5.17. The molecule has 88 valence electrons. The number of hydrogen-bond acceptors (Lipinski definition) is 2. The van der Waals surface area contributed by atoms with Gasteiger partial charge in [0, 0.05) is 6.42 Å². The van der Waals surface area contributed by atoms with Crippen LogP contribution in [0.4, 0.5) is 0 Å². The van der Waals surface area contributed by atoms with E-state index in [2.05, 4.69) is 0 Å². The summed E-state index contributed by atoms with van der Waals surface area (Å²) >= 11 is 11.6. The van der Waals surface area contributed by atoms with Crippen molar-refractivity contribution in [2.24, 2.45) is 0 Å². The van der Waals surface area contributed by atoms with Crippen molar-refractivity contribution in [2.45, 2.75) is 32.3 Å². The van der Waals surface area contributed by atoms with Gasteiger partial charge in [-0.1, -0.05) is 36.2 Å². The predicted molar refractivity (Wildman–Crippen MR) is 66.1 cm³/mol. The van der Waals surface area contributed by atoms with Crippen molar-refractivity contribution in [3.05, 3.63) is 33.8 Å². The maximum absolute atomic E-state index is 11.7. The zero-order valence-electron chi connectivity index (χ0n) is 9.26. The molecular formula is C12H14Cl2O2. The van der Waals surface area contributed by atoms with Crippen LogP contribution in [0.3, 0.4) is 0 Å². The smallest absolute Gasteiger partial charge is 0.168 e. The summed E-state index contributed by atoms with van der Waals surface area (Å²) in [5.74, 6) is -0.214. The van der Waals surface area contributed by atoms with Crippen LogP contribution in [0.15, 0.2) is 18.2 Å². The highest BCUT2D eigenvalue weighted by Crippen LogP contribution is 2.23. The van der Waals surface area contributed by atoms with E-state index in [1.807, 2.05) is 0 Å². The molecular weight excluding hydrogens is 247 g/mol. The third kappa shape index (κ3) is 3.21. The lowest BCUT2D eigenvalue weighted by molar-refractivity contribution is -0.135. The molecule has 0 saturated carbocycles. The molecule has 2 nitrogen and oxygen atoms in total. The van der Waals surface area contributed by atoms with Gasteiger partial charge in [-0.3, -0.25) is 4.79 Å². The molecule has 0 aliphatic heterocycles. The number of rotatable bonds is 4. The minimum Gasteiger partial charge on any atom is -0.382 e. The number of aliphatic hydroxyl groups is 1. The number of hydrogen-bond donors (Lipinski definition) is 1. The summed E-state index contributed by atoms with van der Waals surface area (Å²) in [5, 5.41) is 10.6. The average molecular weight is 261 g/mol. The molecule has 0 bridgehead atoms. The van der Waals surface area contributed by atoms with Crippen LogP contribution >= 0.6 is 23.2 Å². The molecule has 1 rings (SSSR count). The highest BCUT2D eigenvalue weighted by Gasteiger charge is 2.27. The largest absolute Gasteiger partial charge is 0.382 e. The van der Waals surface area contributed by atoms with E-state index in [1.54, 1.807) is 25.1 Å². The van der Waals surface area contributed by atoms with Crippen LogP contribution < -0.4 is 0 Å². The van der Waals surface area contributed by atoms with E-state index >= 15 is 0 Å². The molecule has 0 aliphatic rings. The van der Waals surface area contributed by atoms with Gasteiger partial charge in [-0.25, -0.2) is 0 Å². The van der Waals surface area contributed by atoms with E-state index in [9.17, 15) is 9.90 Å². The minimum atomic E-state index is -1.27. The molecule has 1 N–H and O–H groups in total. The number of ketones is 1. The van der Waals surface area contributed by atoms with E-state index in [4.69, 9.17) is 23.2 Å². The second-order valence-electron chi connectivity index (χ2n) is 3.98. The summed E-state index contributed by atoms with van der Waals surface area (Å²) in [4.78, 5) is 11.7. The summed E-state index contributed by atoms with van der Waals surface area (Å²) in [6.07, 6.45) is 0.560. The van der Waals surface area contributed by atoms with E-state index in [0.29, 0.717) is 16.5 Å². The fourth-order valence-electron chi connectivity index (χ4n) is 1.22. The maximum atomic E-state index is 11.7. The van der Waals surface area contributed by atoms with Crippen LogP contribution in [0.2, 0.25) is 10.0 Å². The standard InChI is InChI=1S/C12H14Cl2O2/c1-3-12(2,16)11(15)7-8-4-5-9(13)10(14)6-8/h4-6,16H,3,7H2,1-2H3. The number of halogens is 2. The molecule has 0 aliphatic carbocycles. The Bertz CT molecular complexity index is 400. The van der Waals surface area contributed by atoms with Crippen molar-refractivity contribution in [1.29, 1.82) is 0 Å². The normalized spacial score (nSPS) is 14.6. The average Bonchev–Trinajstić information content (AvgIpc) is 2.23. The molecule has 1 aromatic rings. The zero-order valence-corrected chi connectivity index (χ0v) is 10.8. The van der Waals surface area contributed by atoms with Crippen molar-refractivity contribution in [1.82, 2.24) is 0 Å². The van der Waals surface area contributed by atoms with E-state index in [-0.39, 0.29) is 12.2 Å². The van der Waals surface area contributed by atoms with Gasteiger partial charge in [0.05, 0.1) is 10.0 Å². The van der Waals surface area contributed by atoms with Crippen LogP contribution in [0.1, 0.15) is 25.8 Å². The van der Waals surface area contributed by atoms with Gasteiger partial charge in [-0.2, -0.15) is 0 Å². The first-order valence-electron chi connectivity index (χ1n) is 5.06. The van der Waals surface area contributed by atoms with Crippen LogP contribution in [-0.2, 0) is 11.2 Å². The van der Waals surface area contributed by atoms with Gasteiger partial charge in [-0.15, -0.1) is 0 Å². The van der Waals surface area contributed by atoms with Gasteiger partial charge in [0.1, 0.15) is 5.60 Å². The Balaban J connectivity index is 2.82. The van der Waals surface area contributed by atoms with E-state index < -0.39 is 5.60 Å². The molecule has 1 aromatic carbocycles. The molecule has 0 fully saturated rings. The van der Waals surface area contributed by atoms with Gasteiger partial charge in [-0.05, 0) is 31.0 Å². The second-order valence-corrected chi connectivity index (χ2v) is 4.79. The number of benzene rings is 1. The Labute approximate surface area is 105 Å². The Morgan fingerprint density at radius 2 is 2.00 bits per heavy atom. The Morgan fingerprint density at radius 1 is 1.38 bits per heavy atom. The monoisotopic (exact) mass is 260 g/mol. The first-order chi connectivity index (χ1) is 7.36. The molecule has 16 heavy (non-hydrogen) atoms. The number of Topliss-reactive ketones (excluding diaryl/α,β-unsaturated/α-hetero) is 1. The highest BCUT2D eigenvalue weighted by molar-refractivity contribution is 6.42. The SMILES string of the molecule is CCC(C)(O)C(=O)Cc1ccc(Cl)c(Cl)c1. The Hall–Kier alpha value is -0.570. The summed E-state index contributed by atoms with van der Waals surface area (Å²) in [6, 6.07) is 5.03. The lowest BCUT2D eigenvalue weighted by atomic mass is 9.93. The molecule has 0 radical (unpaired) electrons. The van der Waals surface area contributed by atoms with Crippen LogP contribution in [-0.4, -0.2) is 16.5 Å². The fraction of sp³-hybridized carbons (Fsp3) is 0.417. The van der Waals surface area contributed by atoms with Crippen molar-refractivity contribution >= 4 is 29.0 Å². The zero-order chi connectivity index (χ0) is 12.3. The van der Waals surface area contributed by atoms with Gasteiger partial charge in [0.15, 0.2) is 5.78 Å². The number of carbonyl (C=O) groups is 1. The van der Waals surface area contributed by atoms with Crippen LogP contribution in [0.25, 0.3) is 0 Å². The molecule has 0 spiro atoms. The van der Waals surface area contributed by atoms with Gasteiger partial charge in [0.2, 0.25) is 0 Å². The molecule has 0 heterocycles. The van der Waals surface area contributed by atoms with Gasteiger partial charge >= 0.3 is 0 Å². The highest BCUT2D eigenvalue weighted by atomic mass is 35.5. The van der Waals surface area contributed by atoms with Crippen LogP contribution in [0.5, 0.6) is 0 Å². The van der Waals surface area contributed by atoms with Crippen molar-refractivity contribution in [3.63, 3.8) is 0 Å². The third-order valence-electron chi connectivity index (χ3n) is 2.64. The van der Waals surface area contributed by atoms with E-state index in [0.717, 1.165) is 5.56 Å². The molecule has 1 atom stereocenters. The fourth-order valence-corrected chi connectivity index (χ4v) is 1.54. The van der Waals surface area contributed by atoms with Gasteiger partial charge < -0.3 is 5.11 Å². The first kappa shape index (κ1) is 13.5. The summed E-state index contributed by atoms with van der Waals surface area (Å²) in [6.45, 7) is 3.29. The third-order valence-corrected chi connectivity index (χ3v) is 3.38. The van der Waals surface area contributed by atoms with Crippen molar-refractivity contribution in [2.75, 3.05) is 0 Å². The summed E-state index contributed by atoms with van der Waals surface area (Å²) in [7, 11) is 0. The topological polar surface area (TPSA) is 37.3 Å². The Morgan fingerprint density at radius 3 is 2.50 bits per heavy atom. The molecule has 4 heteroatoms. The number of carbonyl (C=O) groups excluding carboxylic acids is 1. The molecule has 1 unspecified atom stereocenters.